The first-order valence-electron chi connectivity index (χ1n) is 8.44. The molecule has 5 nitrogen and oxygen atoms in total. The van der Waals surface area contributed by atoms with Gasteiger partial charge in [-0.2, -0.15) is 0 Å². The molecular weight excluding hydrogens is 302 g/mol. The summed E-state index contributed by atoms with van der Waals surface area (Å²) in [6.07, 6.45) is 5.40. The van der Waals surface area contributed by atoms with Crippen molar-refractivity contribution in [1.29, 1.82) is 0 Å². The number of rotatable bonds is 4. The van der Waals surface area contributed by atoms with Crippen molar-refractivity contribution in [2.24, 2.45) is 0 Å². The average molecular weight is 325 g/mol. The van der Waals surface area contributed by atoms with E-state index in [9.17, 15) is 4.79 Å². The maximum Gasteiger partial charge on any atom is 0.415 e. The van der Waals surface area contributed by atoms with Gasteiger partial charge in [0, 0.05) is 38.6 Å². The molecule has 1 fully saturated rings. The minimum absolute atomic E-state index is 0.253. The van der Waals surface area contributed by atoms with Gasteiger partial charge in [0.1, 0.15) is 5.75 Å². The Morgan fingerprint density at radius 1 is 1.00 bits per heavy atom. The lowest BCUT2D eigenvalue weighted by molar-refractivity contribution is 0.153. The molecule has 0 unspecified atom stereocenters. The topological polar surface area (TPSA) is 45.7 Å². The predicted octanol–water partition coefficient (Wildman–Crippen LogP) is 2.83. The Morgan fingerprint density at radius 3 is 2.58 bits per heavy atom. The van der Waals surface area contributed by atoms with Crippen molar-refractivity contribution in [3.05, 3.63) is 60.4 Å². The summed E-state index contributed by atoms with van der Waals surface area (Å²) in [6, 6.07) is 13.4. The van der Waals surface area contributed by atoms with E-state index in [1.54, 1.807) is 17.0 Å². The zero-order valence-electron chi connectivity index (χ0n) is 13.8. The fraction of sp³-hybridized carbons (Fsp3) is 0.368. The first-order valence-corrected chi connectivity index (χ1v) is 8.44. The van der Waals surface area contributed by atoms with Gasteiger partial charge in [0.2, 0.25) is 0 Å². The number of pyridine rings is 1. The Kier molecular flexibility index (Phi) is 5.80. The minimum Gasteiger partial charge on any atom is -0.410 e. The lowest BCUT2D eigenvalue weighted by Crippen LogP contribution is -2.37. The van der Waals surface area contributed by atoms with Crippen LogP contribution in [0, 0.1) is 0 Å². The molecule has 3 rings (SSSR count). The third kappa shape index (κ3) is 4.80. The van der Waals surface area contributed by atoms with E-state index in [1.807, 2.05) is 30.6 Å². The van der Waals surface area contributed by atoms with E-state index in [-0.39, 0.29) is 6.09 Å². The molecule has 0 radical (unpaired) electrons. The molecule has 1 aromatic carbocycles. The van der Waals surface area contributed by atoms with Crippen molar-refractivity contribution in [1.82, 2.24) is 14.8 Å². The maximum absolute atomic E-state index is 12.3. The Labute approximate surface area is 142 Å². The number of amides is 1. The number of carbonyl (C=O) groups excluding carboxylic acids is 1. The van der Waals surface area contributed by atoms with E-state index in [2.05, 4.69) is 22.0 Å². The number of hydrogen-bond donors (Lipinski definition) is 0. The summed E-state index contributed by atoms with van der Waals surface area (Å²) in [6.45, 7) is 4.36. The number of nitrogens with zero attached hydrogens (tertiary/aromatic N) is 3. The molecule has 5 heteroatoms. The van der Waals surface area contributed by atoms with Gasteiger partial charge in [0.25, 0.3) is 0 Å². The third-order valence-electron chi connectivity index (χ3n) is 4.26. The van der Waals surface area contributed by atoms with Crippen LogP contribution >= 0.6 is 0 Å². The van der Waals surface area contributed by atoms with Crippen LogP contribution in [0.5, 0.6) is 5.75 Å². The van der Waals surface area contributed by atoms with Crippen molar-refractivity contribution in [2.75, 3.05) is 32.7 Å². The summed E-state index contributed by atoms with van der Waals surface area (Å²) in [5, 5.41) is 0. The number of ether oxygens (including phenoxy) is 1. The molecule has 0 spiro atoms. The molecule has 24 heavy (non-hydrogen) atoms. The van der Waals surface area contributed by atoms with E-state index in [0.29, 0.717) is 12.3 Å². The van der Waals surface area contributed by atoms with Gasteiger partial charge in [-0.15, -0.1) is 0 Å². The van der Waals surface area contributed by atoms with Crippen LogP contribution in [0.1, 0.15) is 12.0 Å². The summed E-state index contributed by atoms with van der Waals surface area (Å²) < 4.78 is 5.44. The van der Waals surface area contributed by atoms with Crippen LogP contribution < -0.4 is 4.74 Å². The second-order valence-corrected chi connectivity index (χ2v) is 5.97. The van der Waals surface area contributed by atoms with Gasteiger partial charge in [0.05, 0.1) is 0 Å². The smallest absolute Gasteiger partial charge is 0.410 e. The average Bonchev–Trinajstić information content (AvgIpc) is 2.87. The molecule has 0 bridgehead atoms. The van der Waals surface area contributed by atoms with Gasteiger partial charge in [-0.05, 0) is 49.2 Å². The van der Waals surface area contributed by atoms with E-state index >= 15 is 0 Å². The fourth-order valence-corrected chi connectivity index (χ4v) is 2.87. The Balaban J connectivity index is 1.47. The molecule has 1 aromatic heterocycles. The van der Waals surface area contributed by atoms with Crippen molar-refractivity contribution in [2.45, 2.75) is 12.8 Å². The van der Waals surface area contributed by atoms with E-state index in [1.165, 1.54) is 5.56 Å². The van der Waals surface area contributed by atoms with Crippen LogP contribution in [0.2, 0.25) is 0 Å². The molecule has 0 saturated carbocycles. The summed E-state index contributed by atoms with van der Waals surface area (Å²) >= 11 is 0. The van der Waals surface area contributed by atoms with Gasteiger partial charge < -0.3 is 14.5 Å². The summed E-state index contributed by atoms with van der Waals surface area (Å²) in [7, 11) is 0. The van der Waals surface area contributed by atoms with Crippen molar-refractivity contribution in [3.8, 4) is 5.75 Å². The molecule has 0 N–H and O–H groups in total. The lowest BCUT2D eigenvalue weighted by Gasteiger charge is -2.21. The summed E-state index contributed by atoms with van der Waals surface area (Å²) in [4.78, 5) is 20.5. The Hall–Kier alpha value is -2.40. The van der Waals surface area contributed by atoms with Crippen molar-refractivity contribution in [3.63, 3.8) is 0 Å². The van der Waals surface area contributed by atoms with Crippen LogP contribution in [0.4, 0.5) is 4.79 Å². The number of para-hydroxylation sites is 1. The van der Waals surface area contributed by atoms with Gasteiger partial charge in [-0.3, -0.25) is 4.98 Å². The highest BCUT2D eigenvalue weighted by Crippen LogP contribution is 2.12. The van der Waals surface area contributed by atoms with E-state index < -0.39 is 0 Å². The standard InChI is InChI=1S/C19H23N3O2/c23-19(24-18-5-2-1-3-6-18)22-13-4-12-21(15-16-22)14-9-17-7-10-20-11-8-17/h1-3,5-8,10-11H,4,9,12-16H2. The molecule has 2 aromatic rings. The Morgan fingerprint density at radius 2 is 1.79 bits per heavy atom. The largest absolute Gasteiger partial charge is 0.415 e. The molecule has 1 amide bonds. The third-order valence-corrected chi connectivity index (χ3v) is 4.26. The maximum atomic E-state index is 12.3. The molecule has 2 heterocycles. The quantitative estimate of drug-likeness (QED) is 0.867. The minimum atomic E-state index is -0.253. The van der Waals surface area contributed by atoms with Gasteiger partial charge >= 0.3 is 6.09 Å². The molecular formula is C19H23N3O2. The summed E-state index contributed by atoms with van der Waals surface area (Å²) in [5.41, 5.74) is 1.30. The lowest BCUT2D eigenvalue weighted by atomic mass is 10.2. The van der Waals surface area contributed by atoms with Crippen molar-refractivity contribution < 1.29 is 9.53 Å². The normalized spacial score (nSPS) is 15.8. The van der Waals surface area contributed by atoms with Gasteiger partial charge in [-0.25, -0.2) is 4.79 Å². The number of carbonyl (C=O) groups is 1. The molecule has 1 aliphatic rings. The first kappa shape index (κ1) is 16.5. The highest BCUT2D eigenvalue weighted by atomic mass is 16.6. The summed E-state index contributed by atoms with van der Waals surface area (Å²) in [5.74, 6) is 0.598. The predicted molar refractivity (Wildman–Crippen MR) is 93.0 cm³/mol. The van der Waals surface area contributed by atoms with E-state index in [0.717, 1.165) is 39.0 Å². The van der Waals surface area contributed by atoms with Crippen LogP contribution in [0.15, 0.2) is 54.9 Å². The first-order chi connectivity index (χ1) is 11.8. The second kappa shape index (κ2) is 8.45. The monoisotopic (exact) mass is 325 g/mol. The van der Waals surface area contributed by atoms with Gasteiger partial charge in [0.15, 0.2) is 0 Å². The Bertz CT molecular complexity index is 634. The number of benzene rings is 1. The SMILES string of the molecule is O=C(Oc1ccccc1)N1CCCN(CCc2ccncc2)CC1. The molecule has 0 atom stereocenters. The van der Waals surface area contributed by atoms with E-state index in [4.69, 9.17) is 4.74 Å². The van der Waals surface area contributed by atoms with Crippen LogP contribution in [-0.2, 0) is 6.42 Å². The molecule has 1 aliphatic heterocycles. The molecule has 126 valence electrons. The van der Waals surface area contributed by atoms with Crippen LogP contribution in [-0.4, -0.2) is 53.6 Å². The van der Waals surface area contributed by atoms with Gasteiger partial charge in [-0.1, -0.05) is 18.2 Å². The highest BCUT2D eigenvalue weighted by Gasteiger charge is 2.20. The number of aromatic nitrogens is 1. The van der Waals surface area contributed by atoms with Crippen molar-refractivity contribution >= 4 is 6.09 Å². The second-order valence-electron chi connectivity index (χ2n) is 5.97. The number of hydrogen-bond acceptors (Lipinski definition) is 4. The zero-order valence-corrected chi connectivity index (χ0v) is 13.8. The fourth-order valence-electron chi connectivity index (χ4n) is 2.87. The zero-order chi connectivity index (χ0) is 16.6. The molecule has 0 aliphatic carbocycles. The highest BCUT2D eigenvalue weighted by molar-refractivity contribution is 5.70. The molecule has 1 saturated heterocycles. The van der Waals surface area contributed by atoms with Crippen LogP contribution in [0.3, 0.4) is 0 Å². The van der Waals surface area contributed by atoms with Crippen LogP contribution in [0.25, 0.3) is 0 Å².